The Balaban J connectivity index is 1.59. The van der Waals surface area contributed by atoms with Crippen molar-refractivity contribution in [3.8, 4) is 22.4 Å². The van der Waals surface area contributed by atoms with Crippen LogP contribution >= 0.6 is 23.4 Å². The van der Waals surface area contributed by atoms with E-state index in [1.165, 1.54) is 11.8 Å². The van der Waals surface area contributed by atoms with Gasteiger partial charge in [0.15, 0.2) is 5.16 Å². The Morgan fingerprint density at radius 3 is 2.62 bits per heavy atom. The van der Waals surface area contributed by atoms with Crippen molar-refractivity contribution >= 4 is 40.5 Å². The monoisotopic (exact) mass is 564 g/mol. The van der Waals surface area contributed by atoms with Gasteiger partial charge in [0.1, 0.15) is 11.2 Å². The Morgan fingerprint density at radius 1 is 1.13 bits per heavy atom. The molecule has 0 saturated carbocycles. The minimum Gasteiger partial charge on any atom is -0.444 e. The summed E-state index contributed by atoms with van der Waals surface area (Å²) in [6.07, 6.45) is 7.18. The van der Waals surface area contributed by atoms with Crippen LogP contribution in [-0.2, 0) is 4.74 Å². The molecule has 4 aromatic rings. The molecule has 0 N–H and O–H groups in total. The number of likely N-dealkylation sites (tertiary alicyclic amines) is 1. The molecule has 0 bridgehead atoms. The second-order valence-corrected chi connectivity index (χ2v) is 11.7. The van der Waals surface area contributed by atoms with Crippen molar-refractivity contribution in [3.63, 3.8) is 0 Å². The number of amides is 1. The molecule has 202 valence electrons. The molecule has 1 aromatic carbocycles. The van der Waals surface area contributed by atoms with E-state index in [4.69, 9.17) is 16.3 Å². The maximum atomic E-state index is 14.1. The molecule has 1 saturated heterocycles. The highest BCUT2D eigenvalue weighted by Crippen LogP contribution is 2.33. The predicted molar refractivity (Wildman–Crippen MR) is 153 cm³/mol. The third kappa shape index (κ3) is 5.62. The summed E-state index contributed by atoms with van der Waals surface area (Å²) >= 11 is 8.16. The number of benzene rings is 1. The Bertz CT molecular complexity index is 1630. The molecule has 1 amide bonds. The highest BCUT2D eigenvalue weighted by atomic mass is 35.5. The second-order valence-electron chi connectivity index (χ2n) is 10.5. The van der Waals surface area contributed by atoms with Gasteiger partial charge in [0.25, 0.3) is 5.56 Å². The number of halogens is 1. The van der Waals surface area contributed by atoms with Gasteiger partial charge >= 0.3 is 6.09 Å². The van der Waals surface area contributed by atoms with Gasteiger partial charge in [-0.15, -0.1) is 0 Å². The lowest BCUT2D eigenvalue weighted by Crippen LogP contribution is -2.36. The second kappa shape index (κ2) is 10.6. The van der Waals surface area contributed by atoms with Crippen molar-refractivity contribution in [2.75, 3.05) is 19.3 Å². The summed E-state index contributed by atoms with van der Waals surface area (Å²) in [5, 5.41) is 1.69. The largest absolute Gasteiger partial charge is 0.444 e. The van der Waals surface area contributed by atoms with Crippen LogP contribution in [0.3, 0.4) is 0 Å². The van der Waals surface area contributed by atoms with E-state index in [1.54, 1.807) is 40.2 Å². The highest BCUT2D eigenvalue weighted by Gasteiger charge is 2.33. The van der Waals surface area contributed by atoms with Crippen LogP contribution < -0.4 is 5.56 Å². The fraction of sp³-hybridized carbons (Fsp3) is 0.357. The molecular weight excluding hydrogens is 536 g/mol. The van der Waals surface area contributed by atoms with Crippen LogP contribution in [-0.4, -0.2) is 60.4 Å². The molecule has 1 fully saturated rings. The summed E-state index contributed by atoms with van der Waals surface area (Å²) in [5.74, 6) is 0. The van der Waals surface area contributed by atoms with Crippen LogP contribution in [0.4, 0.5) is 4.79 Å². The summed E-state index contributed by atoms with van der Waals surface area (Å²) in [4.78, 5) is 46.3. The van der Waals surface area contributed by atoms with E-state index in [9.17, 15) is 9.59 Å². The zero-order valence-electron chi connectivity index (χ0n) is 22.4. The number of fused-ring (bicyclic) bond motifs is 1. The Labute approximate surface area is 235 Å². The van der Waals surface area contributed by atoms with Gasteiger partial charge in [-0.25, -0.2) is 19.7 Å². The van der Waals surface area contributed by atoms with Gasteiger partial charge in [-0.05, 0) is 52.5 Å². The molecule has 4 heterocycles. The molecule has 1 unspecified atom stereocenters. The van der Waals surface area contributed by atoms with Gasteiger partial charge in [-0.1, -0.05) is 35.5 Å². The van der Waals surface area contributed by atoms with Crippen LogP contribution in [0, 0.1) is 6.92 Å². The van der Waals surface area contributed by atoms with E-state index in [-0.39, 0.29) is 11.6 Å². The van der Waals surface area contributed by atoms with E-state index in [2.05, 4.69) is 19.9 Å². The number of nitrogens with zero attached hydrogens (tertiary/aromatic N) is 6. The number of carbonyl (C=O) groups is 1. The molecule has 0 radical (unpaired) electrons. The Morgan fingerprint density at radius 2 is 1.92 bits per heavy atom. The maximum absolute atomic E-state index is 14.1. The number of hydrogen-bond donors (Lipinski definition) is 0. The lowest BCUT2D eigenvalue weighted by atomic mass is 10.0. The van der Waals surface area contributed by atoms with Gasteiger partial charge in [0, 0.05) is 52.6 Å². The van der Waals surface area contributed by atoms with Crippen LogP contribution in [0.1, 0.15) is 38.9 Å². The van der Waals surface area contributed by atoms with Crippen molar-refractivity contribution in [1.82, 2.24) is 29.4 Å². The molecule has 3 aromatic heterocycles. The van der Waals surface area contributed by atoms with E-state index in [0.717, 1.165) is 11.3 Å². The zero-order chi connectivity index (χ0) is 27.9. The van der Waals surface area contributed by atoms with Gasteiger partial charge in [-0.2, -0.15) is 0 Å². The van der Waals surface area contributed by atoms with E-state index in [1.807, 2.05) is 46.1 Å². The van der Waals surface area contributed by atoms with E-state index in [0.29, 0.717) is 57.5 Å². The summed E-state index contributed by atoms with van der Waals surface area (Å²) < 4.78 is 7.25. The summed E-state index contributed by atoms with van der Waals surface area (Å²) in [6.45, 7) is 8.20. The standard InChI is InChI=1S/C28H29ClN6O3S/c1-16-12-30-14-23(32-16)17-6-7-20(22(29)11-17)21-10-18-13-31-26(39-5)33-24(18)35(25(21)36)19-8-9-34(15-19)27(37)38-28(2,3)4/h6-7,10-14,19H,8-9,15H2,1-5H3. The normalized spacial score (nSPS) is 15.6. The summed E-state index contributed by atoms with van der Waals surface area (Å²) in [7, 11) is 0. The lowest BCUT2D eigenvalue weighted by molar-refractivity contribution is 0.0289. The molecule has 1 aliphatic heterocycles. The third-order valence-electron chi connectivity index (χ3n) is 6.42. The Kier molecular flexibility index (Phi) is 7.35. The third-order valence-corrected chi connectivity index (χ3v) is 7.30. The van der Waals surface area contributed by atoms with Crippen molar-refractivity contribution < 1.29 is 9.53 Å². The van der Waals surface area contributed by atoms with Gasteiger partial charge in [-0.3, -0.25) is 14.3 Å². The molecule has 0 aliphatic carbocycles. The molecule has 5 rings (SSSR count). The quantitative estimate of drug-likeness (QED) is 0.227. The van der Waals surface area contributed by atoms with E-state index < -0.39 is 11.7 Å². The van der Waals surface area contributed by atoms with E-state index >= 15 is 0 Å². The molecule has 0 spiro atoms. The minimum atomic E-state index is -0.605. The van der Waals surface area contributed by atoms with Crippen LogP contribution in [0.25, 0.3) is 33.4 Å². The van der Waals surface area contributed by atoms with Gasteiger partial charge < -0.3 is 9.64 Å². The topological polar surface area (TPSA) is 103 Å². The van der Waals surface area contributed by atoms with Crippen molar-refractivity contribution in [2.24, 2.45) is 0 Å². The first kappa shape index (κ1) is 27.1. The molecular formula is C28H29ClN6O3S. The Hall–Kier alpha value is -3.50. The highest BCUT2D eigenvalue weighted by molar-refractivity contribution is 7.98. The number of aryl methyl sites for hydroxylation is 1. The average Bonchev–Trinajstić information content (AvgIpc) is 3.37. The summed E-state index contributed by atoms with van der Waals surface area (Å²) in [5.41, 5.74) is 3.03. The van der Waals surface area contributed by atoms with Crippen molar-refractivity contribution in [2.45, 2.75) is 50.9 Å². The van der Waals surface area contributed by atoms with Crippen LogP contribution in [0.15, 0.2) is 52.8 Å². The zero-order valence-corrected chi connectivity index (χ0v) is 24.0. The molecule has 9 nitrogen and oxygen atoms in total. The smallest absolute Gasteiger partial charge is 0.410 e. The van der Waals surface area contributed by atoms with Crippen molar-refractivity contribution in [3.05, 3.63) is 63.9 Å². The molecule has 11 heteroatoms. The first-order chi connectivity index (χ1) is 18.5. The number of aromatic nitrogens is 5. The molecule has 39 heavy (non-hydrogen) atoms. The van der Waals surface area contributed by atoms with Crippen molar-refractivity contribution in [1.29, 1.82) is 0 Å². The average molecular weight is 565 g/mol. The SMILES string of the molecule is CSc1ncc2cc(-c3ccc(-c4cncc(C)n4)cc3Cl)c(=O)n(C3CCN(C(=O)OC(C)(C)C)C3)c2n1. The minimum absolute atomic E-state index is 0.228. The number of pyridine rings is 1. The number of hydrogen-bond acceptors (Lipinski definition) is 8. The fourth-order valence-electron chi connectivity index (χ4n) is 4.67. The molecule has 1 atom stereocenters. The first-order valence-electron chi connectivity index (χ1n) is 12.6. The molecule has 1 aliphatic rings. The number of thioether (sulfide) groups is 1. The van der Waals surface area contributed by atoms with Gasteiger partial charge in [0.05, 0.1) is 23.6 Å². The predicted octanol–water partition coefficient (Wildman–Crippen LogP) is 5.78. The first-order valence-corrected chi connectivity index (χ1v) is 14.2. The number of carbonyl (C=O) groups excluding carboxylic acids is 1. The number of rotatable bonds is 4. The van der Waals surface area contributed by atoms with Gasteiger partial charge in [0.2, 0.25) is 0 Å². The summed E-state index contributed by atoms with van der Waals surface area (Å²) in [6, 6.07) is 7.00. The number of ether oxygens (including phenoxy) is 1. The lowest BCUT2D eigenvalue weighted by Gasteiger charge is -2.25. The van der Waals surface area contributed by atoms with Crippen LogP contribution in [0.5, 0.6) is 0 Å². The van der Waals surface area contributed by atoms with Crippen LogP contribution in [0.2, 0.25) is 5.02 Å². The maximum Gasteiger partial charge on any atom is 0.410 e. The fourth-order valence-corrected chi connectivity index (χ4v) is 5.29.